The minimum atomic E-state index is 0.165. The Kier molecular flexibility index (Phi) is 5.85. The Morgan fingerprint density at radius 1 is 0.321 bits per heavy atom. The Morgan fingerprint density at radius 2 is 0.849 bits per heavy atom. The van der Waals surface area contributed by atoms with Crippen LogP contribution in [-0.2, 0) is 5.41 Å². The molecule has 0 aliphatic heterocycles. The van der Waals surface area contributed by atoms with E-state index in [2.05, 4.69) is 191 Å². The quantitative estimate of drug-likeness (QED) is 0.176. The second kappa shape index (κ2) is 10.7. The molecule has 1 spiro atoms. The fraction of sp³-hybridized carbons (Fsp3) is 0.0588. The van der Waals surface area contributed by atoms with Crippen molar-refractivity contribution < 1.29 is 0 Å². The molecule has 2 aromatic heterocycles. The molecule has 12 rings (SSSR count). The minimum absolute atomic E-state index is 0.165. The highest BCUT2D eigenvalue weighted by Crippen LogP contribution is 2.63. The van der Waals surface area contributed by atoms with Gasteiger partial charge in [0.2, 0.25) is 0 Å². The van der Waals surface area contributed by atoms with E-state index in [0.29, 0.717) is 0 Å². The Balaban J connectivity index is 1.08. The van der Waals surface area contributed by atoms with Gasteiger partial charge in [0, 0.05) is 38.3 Å². The topological polar surface area (TPSA) is 9.86 Å². The summed E-state index contributed by atoms with van der Waals surface area (Å²) in [4.78, 5) is 0. The van der Waals surface area contributed by atoms with Crippen molar-refractivity contribution in [2.24, 2.45) is 0 Å². The predicted molar refractivity (Wildman–Crippen MR) is 221 cm³/mol. The molecule has 53 heavy (non-hydrogen) atoms. The van der Waals surface area contributed by atoms with Crippen LogP contribution in [0.4, 0.5) is 0 Å². The second-order valence-corrected chi connectivity index (χ2v) is 14.9. The molecule has 2 heteroatoms. The van der Waals surface area contributed by atoms with Crippen LogP contribution in [-0.4, -0.2) is 9.13 Å². The van der Waals surface area contributed by atoms with Crippen molar-refractivity contribution in [2.75, 3.05) is 0 Å². The molecule has 0 amide bonds. The van der Waals surface area contributed by atoms with Gasteiger partial charge in [0.05, 0.1) is 22.1 Å². The summed E-state index contributed by atoms with van der Waals surface area (Å²) in [5.41, 5.74) is 18.2. The van der Waals surface area contributed by atoms with Crippen molar-refractivity contribution in [3.63, 3.8) is 0 Å². The molecule has 0 unspecified atom stereocenters. The molecular formula is C51H34N2. The highest BCUT2D eigenvalue weighted by Gasteiger charge is 2.52. The maximum absolute atomic E-state index is 2.53. The first-order valence-electron chi connectivity index (χ1n) is 18.7. The van der Waals surface area contributed by atoms with E-state index in [1.807, 2.05) is 0 Å². The zero-order valence-corrected chi connectivity index (χ0v) is 29.1. The molecule has 1 fully saturated rings. The number of benzene rings is 8. The Bertz CT molecular complexity index is 3080. The third-order valence-electron chi connectivity index (χ3n) is 12.2. The monoisotopic (exact) mass is 674 g/mol. The molecule has 0 saturated heterocycles. The molecule has 248 valence electrons. The fourth-order valence-electron chi connectivity index (χ4n) is 9.53. The lowest BCUT2D eigenvalue weighted by atomic mass is 9.93. The molecule has 0 radical (unpaired) electrons. The van der Waals surface area contributed by atoms with Gasteiger partial charge in [-0.1, -0.05) is 115 Å². The third kappa shape index (κ3) is 4.09. The van der Waals surface area contributed by atoms with Crippen LogP contribution >= 0.6 is 0 Å². The first-order chi connectivity index (χ1) is 26.2. The van der Waals surface area contributed by atoms with E-state index in [1.54, 1.807) is 0 Å². The van der Waals surface area contributed by atoms with Gasteiger partial charge in [-0.25, -0.2) is 0 Å². The summed E-state index contributed by atoms with van der Waals surface area (Å²) in [7, 11) is 0. The Hall–Kier alpha value is -6.64. The molecule has 0 bridgehead atoms. The van der Waals surface area contributed by atoms with E-state index in [9.17, 15) is 0 Å². The van der Waals surface area contributed by atoms with E-state index < -0.39 is 0 Å². The largest absolute Gasteiger partial charge is 0.309 e. The molecule has 2 nitrogen and oxygen atoms in total. The van der Waals surface area contributed by atoms with Crippen LogP contribution in [0.15, 0.2) is 182 Å². The smallest absolute Gasteiger partial charge is 0.0544 e. The minimum Gasteiger partial charge on any atom is -0.309 e. The van der Waals surface area contributed by atoms with Gasteiger partial charge in [0.25, 0.3) is 0 Å². The van der Waals surface area contributed by atoms with Crippen LogP contribution in [0.25, 0.3) is 88.4 Å². The third-order valence-corrected chi connectivity index (χ3v) is 12.2. The lowest BCUT2D eigenvalue weighted by Crippen LogP contribution is -2.03. The SMILES string of the molecule is c1ccc(-c2ccc(-n3c4ccc(-c5ccc6c(c5)c5ccccc5n6-c5ccccc5)cc4c4cc5c(cc43)C3(CC3)c3ccccc3-5)cc2)cc1. The van der Waals surface area contributed by atoms with Crippen molar-refractivity contribution in [2.45, 2.75) is 18.3 Å². The van der Waals surface area contributed by atoms with E-state index in [-0.39, 0.29) is 5.41 Å². The Morgan fingerprint density at radius 3 is 1.58 bits per heavy atom. The molecule has 8 aromatic carbocycles. The maximum atomic E-state index is 2.53. The summed E-state index contributed by atoms with van der Waals surface area (Å²) in [6, 6.07) is 67.5. The summed E-state index contributed by atoms with van der Waals surface area (Å²) >= 11 is 0. The molecule has 10 aromatic rings. The second-order valence-electron chi connectivity index (χ2n) is 14.9. The number of fused-ring (bicyclic) bond motifs is 11. The molecule has 2 aliphatic rings. The highest BCUT2D eigenvalue weighted by molar-refractivity contribution is 6.14. The number of rotatable bonds is 4. The van der Waals surface area contributed by atoms with Gasteiger partial charge >= 0.3 is 0 Å². The van der Waals surface area contributed by atoms with Gasteiger partial charge in [-0.3, -0.25) is 0 Å². The summed E-state index contributed by atoms with van der Waals surface area (Å²) in [5, 5.41) is 5.13. The van der Waals surface area contributed by atoms with Crippen molar-refractivity contribution >= 4 is 43.6 Å². The Labute approximate surface area is 307 Å². The predicted octanol–water partition coefficient (Wildman–Crippen LogP) is 13.3. The number of hydrogen-bond acceptors (Lipinski definition) is 0. The van der Waals surface area contributed by atoms with E-state index in [0.717, 1.165) is 0 Å². The highest BCUT2D eigenvalue weighted by atomic mass is 15.0. The van der Waals surface area contributed by atoms with Crippen LogP contribution in [0.2, 0.25) is 0 Å². The summed E-state index contributed by atoms with van der Waals surface area (Å²) < 4.78 is 4.89. The van der Waals surface area contributed by atoms with E-state index >= 15 is 0 Å². The summed E-state index contributed by atoms with van der Waals surface area (Å²) in [6.45, 7) is 0. The van der Waals surface area contributed by atoms with Gasteiger partial charge in [-0.2, -0.15) is 0 Å². The average molecular weight is 675 g/mol. The van der Waals surface area contributed by atoms with Crippen molar-refractivity contribution in [1.29, 1.82) is 0 Å². The van der Waals surface area contributed by atoms with Crippen molar-refractivity contribution in [3.05, 3.63) is 193 Å². The molecule has 0 atom stereocenters. The molecule has 2 aliphatic carbocycles. The van der Waals surface area contributed by atoms with E-state index in [4.69, 9.17) is 0 Å². The molecular weight excluding hydrogens is 641 g/mol. The number of aromatic nitrogens is 2. The maximum Gasteiger partial charge on any atom is 0.0544 e. The molecule has 2 heterocycles. The zero-order chi connectivity index (χ0) is 34.7. The zero-order valence-electron chi connectivity index (χ0n) is 29.1. The first kappa shape index (κ1) is 29.0. The standard InChI is InChI=1S/C51H34N2/c1-3-11-33(12-4-1)34-19-23-38(24-20-34)53-49-26-22-36(30-43(49)44-31-41-39-15-7-9-17-45(39)51(27-28-51)46(41)32-50(44)53)35-21-25-48-42(29-35)40-16-8-10-18-47(40)52(48)37-13-5-2-6-14-37/h1-26,29-32H,27-28H2. The van der Waals surface area contributed by atoms with Gasteiger partial charge in [-0.05, 0) is 124 Å². The number of nitrogens with zero attached hydrogens (tertiary/aromatic N) is 2. The fourth-order valence-corrected chi connectivity index (χ4v) is 9.53. The molecule has 0 N–H and O–H groups in total. The lowest BCUT2D eigenvalue weighted by molar-refractivity contribution is 0.880. The lowest BCUT2D eigenvalue weighted by Gasteiger charge is -2.13. The van der Waals surface area contributed by atoms with Gasteiger partial charge < -0.3 is 9.13 Å². The van der Waals surface area contributed by atoms with Crippen molar-refractivity contribution in [1.82, 2.24) is 9.13 Å². The van der Waals surface area contributed by atoms with Gasteiger partial charge in [0.1, 0.15) is 0 Å². The van der Waals surface area contributed by atoms with Crippen LogP contribution in [0, 0.1) is 0 Å². The summed E-state index contributed by atoms with van der Waals surface area (Å²) in [5.74, 6) is 0. The van der Waals surface area contributed by atoms with Crippen LogP contribution < -0.4 is 0 Å². The van der Waals surface area contributed by atoms with Gasteiger partial charge in [-0.15, -0.1) is 0 Å². The van der Waals surface area contributed by atoms with Crippen LogP contribution in [0.5, 0.6) is 0 Å². The number of hydrogen-bond donors (Lipinski definition) is 0. The van der Waals surface area contributed by atoms with E-state index in [1.165, 1.54) is 112 Å². The summed E-state index contributed by atoms with van der Waals surface area (Å²) in [6.07, 6.45) is 2.45. The first-order valence-corrected chi connectivity index (χ1v) is 18.7. The van der Waals surface area contributed by atoms with Crippen LogP contribution in [0.3, 0.4) is 0 Å². The molecule has 1 saturated carbocycles. The van der Waals surface area contributed by atoms with Crippen molar-refractivity contribution in [3.8, 4) is 44.8 Å². The normalized spacial score (nSPS) is 14.0. The number of para-hydroxylation sites is 2. The van der Waals surface area contributed by atoms with Gasteiger partial charge in [0.15, 0.2) is 0 Å². The average Bonchev–Trinajstić information content (AvgIpc) is 3.80. The van der Waals surface area contributed by atoms with Crippen LogP contribution in [0.1, 0.15) is 24.0 Å².